The molecule has 88 valence electrons. The van der Waals surface area contributed by atoms with Gasteiger partial charge in [0.2, 0.25) is 5.91 Å². The molecule has 16 heavy (non-hydrogen) atoms. The molecule has 1 rings (SSSR count). The number of hydrogen-bond donors (Lipinski definition) is 1. The lowest BCUT2D eigenvalue weighted by Crippen LogP contribution is -2.49. The molecule has 0 saturated heterocycles. The zero-order chi connectivity index (χ0) is 12.5. The molecular weight excluding hydrogens is 214 g/mol. The van der Waals surface area contributed by atoms with E-state index >= 15 is 0 Å². The molecule has 1 aromatic carbocycles. The van der Waals surface area contributed by atoms with E-state index in [0.717, 1.165) is 12.1 Å². The molecular formula is C11H14F2N2O. The van der Waals surface area contributed by atoms with Gasteiger partial charge >= 0.3 is 0 Å². The van der Waals surface area contributed by atoms with Crippen LogP contribution < -0.4 is 5.73 Å². The summed E-state index contributed by atoms with van der Waals surface area (Å²) in [7, 11) is 3.29. The maximum Gasteiger partial charge on any atom is 0.242 e. The number of benzene rings is 1. The highest BCUT2D eigenvalue weighted by Gasteiger charge is 2.36. The number of amides is 1. The van der Waals surface area contributed by atoms with Crippen molar-refractivity contribution in [1.29, 1.82) is 0 Å². The first-order valence-electron chi connectivity index (χ1n) is 4.73. The van der Waals surface area contributed by atoms with Gasteiger partial charge in [-0.2, -0.15) is 0 Å². The van der Waals surface area contributed by atoms with E-state index in [4.69, 9.17) is 5.73 Å². The van der Waals surface area contributed by atoms with Crippen LogP contribution in [0.25, 0.3) is 0 Å². The van der Waals surface area contributed by atoms with E-state index < -0.39 is 23.1 Å². The van der Waals surface area contributed by atoms with Gasteiger partial charge in [0.25, 0.3) is 0 Å². The van der Waals surface area contributed by atoms with Crippen LogP contribution in [0.1, 0.15) is 12.5 Å². The summed E-state index contributed by atoms with van der Waals surface area (Å²) in [6, 6.07) is 3.32. The van der Waals surface area contributed by atoms with Gasteiger partial charge < -0.3 is 5.73 Å². The third-order valence-corrected chi connectivity index (χ3v) is 2.86. The minimum absolute atomic E-state index is 0.323. The monoisotopic (exact) mass is 228 g/mol. The second kappa shape index (κ2) is 4.17. The van der Waals surface area contributed by atoms with E-state index in [0.29, 0.717) is 5.56 Å². The first-order valence-corrected chi connectivity index (χ1v) is 4.73. The normalized spacial score (nSPS) is 14.9. The van der Waals surface area contributed by atoms with Gasteiger partial charge in [-0.3, -0.25) is 9.69 Å². The second-order valence-corrected chi connectivity index (χ2v) is 3.96. The molecule has 0 spiro atoms. The number of primary amides is 1. The van der Waals surface area contributed by atoms with Crippen molar-refractivity contribution < 1.29 is 13.6 Å². The molecule has 0 aromatic heterocycles. The SMILES string of the molecule is CN(C)C(C)(C(N)=O)c1ccc(F)c(F)c1. The summed E-state index contributed by atoms with van der Waals surface area (Å²) in [4.78, 5) is 13.0. The largest absolute Gasteiger partial charge is 0.368 e. The number of nitrogens with two attached hydrogens (primary N) is 1. The number of carbonyl (C=O) groups excluding carboxylic acids is 1. The Morgan fingerprint density at radius 1 is 1.31 bits per heavy atom. The third-order valence-electron chi connectivity index (χ3n) is 2.86. The van der Waals surface area contributed by atoms with Crippen molar-refractivity contribution in [3.8, 4) is 0 Å². The van der Waals surface area contributed by atoms with Crippen LogP contribution in [0.4, 0.5) is 8.78 Å². The Balaban J connectivity index is 3.33. The van der Waals surface area contributed by atoms with Gasteiger partial charge in [-0.1, -0.05) is 6.07 Å². The van der Waals surface area contributed by atoms with Crippen LogP contribution in [-0.2, 0) is 10.3 Å². The Labute approximate surface area is 92.8 Å². The molecule has 2 N–H and O–H groups in total. The summed E-state index contributed by atoms with van der Waals surface area (Å²) in [6.45, 7) is 1.56. The number of nitrogens with zero attached hydrogens (tertiary/aromatic N) is 1. The molecule has 0 radical (unpaired) electrons. The molecule has 0 bridgehead atoms. The molecule has 1 atom stereocenters. The summed E-state index contributed by atoms with van der Waals surface area (Å²) >= 11 is 0. The molecule has 0 aliphatic heterocycles. The quantitative estimate of drug-likeness (QED) is 0.845. The fraction of sp³-hybridized carbons (Fsp3) is 0.364. The lowest BCUT2D eigenvalue weighted by atomic mass is 9.90. The van der Waals surface area contributed by atoms with Gasteiger partial charge in [-0.15, -0.1) is 0 Å². The molecule has 0 aliphatic carbocycles. The average Bonchev–Trinajstić information content (AvgIpc) is 2.20. The van der Waals surface area contributed by atoms with Gasteiger partial charge in [0.05, 0.1) is 0 Å². The molecule has 0 fully saturated rings. The van der Waals surface area contributed by atoms with E-state index in [1.54, 1.807) is 25.9 Å². The molecule has 0 aliphatic rings. The van der Waals surface area contributed by atoms with Crippen LogP contribution in [-0.4, -0.2) is 24.9 Å². The standard InChI is InChI=1S/C11H14F2N2O/c1-11(10(14)16,15(2)3)7-4-5-8(12)9(13)6-7/h4-6H,1-3H3,(H2,14,16). The van der Waals surface area contributed by atoms with Crippen molar-refractivity contribution >= 4 is 5.91 Å². The molecule has 3 nitrogen and oxygen atoms in total. The van der Waals surface area contributed by atoms with Gasteiger partial charge in [0, 0.05) is 0 Å². The van der Waals surface area contributed by atoms with Crippen molar-refractivity contribution in [3.63, 3.8) is 0 Å². The first-order chi connectivity index (χ1) is 7.30. The maximum absolute atomic E-state index is 13.1. The van der Waals surface area contributed by atoms with Crippen molar-refractivity contribution in [2.75, 3.05) is 14.1 Å². The fourth-order valence-electron chi connectivity index (χ4n) is 1.42. The number of carbonyl (C=O) groups is 1. The minimum atomic E-state index is -1.16. The zero-order valence-corrected chi connectivity index (χ0v) is 9.42. The van der Waals surface area contributed by atoms with Crippen LogP contribution in [0.2, 0.25) is 0 Å². The highest BCUT2D eigenvalue weighted by atomic mass is 19.2. The summed E-state index contributed by atoms with van der Waals surface area (Å²) in [6.07, 6.45) is 0. The smallest absolute Gasteiger partial charge is 0.242 e. The fourth-order valence-corrected chi connectivity index (χ4v) is 1.42. The summed E-state index contributed by atoms with van der Waals surface area (Å²) < 4.78 is 25.9. The Bertz CT molecular complexity index is 420. The zero-order valence-electron chi connectivity index (χ0n) is 9.42. The lowest BCUT2D eigenvalue weighted by Gasteiger charge is -2.33. The molecule has 0 saturated carbocycles. The molecule has 1 unspecified atom stereocenters. The van der Waals surface area contributed by atoms with E-state index in [1.165, 1.54) is 6.07 Å². The predicted molar refractivity (Wildman–Crippen MR) is 56.6 cm³/mol. The van der Waals surface area contributed by atoms with Crippen molar-refractivity contribution in [3.05, 3.63) is 35.4 Å². The van der Waals surface area contributed by atoms with Crippen LogP contribution in [0.3, 0.4) is 0 Å². The number of hydrogen-bond acceptors (Lipinski definition) is 2. The Kier molecular flexibility index (Phi) is 3.28. The van der Waals surface area contributed by atoms with E-state index in [-0.39, 0.29) is 0 Å². The minimum Gasteiger partial charge on any atom is -0.368 e. The second-order valence-electron chi connectivity index (χ2n) is 3.96. The average molecular weight is 228 g/mol. The van der Waals surface area contributed by atoms with Gasteiger partial charge in [-0.05, 0) is 38.7 Å². The highest BCUT2D eigenvalue weighted by molar-refractivity contribution is 5.85. The Morgan fingerprint density at radius 2 is 1.88 bits per heavy atom. The molecule has 5 heteroatoms. The summed E-state index contributed by atoms with van der Waals surface area (Å²) in [5.41, 5.74) is 4.46. The van der Waals surface area contributed by atoms with Gasteiger partial charge in [-0.25, -0.2) is 8.78 Å². The summed E-state index contributed by atoms with van der Waals surface area (Å²) in [5, 5.41) is 0. The Morgan fingerprint density at radius 3 is 2.25 bits per heavy atom. The van der Waals surface area contributed by atoms with Crippen LogP contribution in [0.5, 0.6) is 0 Å². The Hall–Kier alpha value is -1.49. The van der Waals surface area contributed by atoms with Crippen LogP contribution >= 0.6 is 0 Å². The third kappa shape index (κ3) is 1.90. The van der Waals surface area contributed by atoms with Gasteiger partial charge in [0.15, 0.2) is 11.6 Å². The molecule has 0 heterocycles. The molecule has 1 aromatic rings. The van der Waals surface area contributed by atoms with E-state index in [9.17, 15) is 13.6 Å². The topological polar surface area (TPSA) is 46.3 Å². The van der Waals surface area contributed by atoms with Crippen molar-refractivity contribution in [1.82, 2.24) is 4.90 Å². The molecule has 1 amide bonds. The predicted octanol–water partition coefficient (Wildman–Crippen LogP) is 1.23. The van der Waals surface area contributed by atoms with E-state index in [2.05, 4.69) is 0 Å². The number of rotatable bonds is 3. The number of halogens is 2. The maximum atomic E-state index is 13.1. The first kappa shape index (κ1) is 12.6. The summed E-state index contributed by atoms with van der Waals surface area (Å²) in [5.74, 6) is -2.57. The van der Waals surface area contributed by atoms with Crippen molar-refractivity contribution in [2.24, 2.45) is 5.73 Å². The number of likely N-dealkylation sites (N-methyl/N-ethyl adjacent to an activating group) is 1. The van der Waals surface area contributed by atoms with Gasteiger partial charge in [0.1, 0.15) is 5.54 Å². The van der Waals surface area contributed by atoms with Crippen LogP contribution in [0, 0.1) is 11.6 Å². The lowest BCUT2D eigenvalue weighted by molar-refractivity contribution is -0.128. The van der Waals surface area contributed by atoms with E-state index in [1.807, 2.05) is 0 Å². The highest BCUT2D eigenvalue weighted by Crippen LogP contribution is 2.26. The van der Waals surface area contributed by atoms with Crippen molar-refractivity contribution in [2.45, 2.75) is 12.5 Å². The van der Waals surface area contributed by atoms with Crippen LogP contribution in [0.15, 0.2) is 18.2 Å².